The number of carbonyl (C=O) groups is 1. The van der Waals surface area contributed by atoms with E-state index in [4.69, 9.17) is 5.73 Å². The van der Waals surface area contributed by atoms with Gasteiger partial charge in [-0.15, -0.1) is 0 Å². The third kappa shape index (κ3) is 4.03. The molecular formula is C15H17N3O. The maximum absolute atomic E-state index is 11.8. The highest BCUT2D eigenvalue weighted by Crippen LogP contribution is 2.11. The van der Waals surface area contributed by atoms with Gasteiger partial charge in [-0.2, -0.15) is 0 Å². The van der Waals surface area contributed by atoms with Crippen LogP contribution in [0.2, 0.25) is 0 Å². The zero-order valence-electron chi connectivity index (χ0n) is 10.8. The smallest absolute Gasteiger partial charge is 0.243 e. The van der Waals surface area contributed by atoms with Crippen molar-refractivity contribution in [2.45, 2.75) is 6.92 Å². The second kappa shape index (κ2) is 5.91. The Morgan fingerprint density at radius 3 is 2.53 bits per heavy atom. The van der Waals surface area contributed by atoms with Crippen LogP contribution in [0.3, 0.4) is 0 Å². The van der Waals surface area contributed by atoms with Gasteiger partial charge in [0.1, 0.15) is 0 Å². The number of nitrogen functional groups attached to an aromatic ring is 1. The molecule has 0 heterocycles. The fourth-order valence-corrected chi connectivity index (χ4v) is 1.71. The van der Waals surface area contributed by atoms with Gasteiger partial charge in [-0.3, -0.25) is 4.79 Å². The number of amides is 1. The van der Waals surface area contributed by atoms with Crippen molar-refractivity contribution in [3.05, 3.63) is 54.1 Å². The Balaban J connectivity index is 1.86. The number of hydrogen-bond donors (Lipinski definition) is 3. The van der Waals surface area contributed by atoms with E-state index in [1.54, 1.807) is 24.3 Å². The van der Waals surface area contributed by atoms with Gasteiger partial charge in [0.25, 0.3) is 0 Å². The van der Waals surface area contributed by atoms with Crippen molar-refractivity contribution in [1.82, 2.24) is 0 Å². The molecule has 2 aromatic carbocycles. The van der Waals surface area contributed by atoms with Crippen molar-refractivity contribution in [1.29, 1.82) is 0 Å². The Hall–Kier alpha value is -2.49. The number of nitrogens with one attached hydrogen (secondary N) is 2. The molecule has 1 amide bonds. The van der Waals surface area contributed by atoms with Gasteiger partial charge in [-0.1, -0.05) is 12.1 Å². The Bertz CT molecular complexity index is 564. The summed E-state index contributed by atoms with van der Waals surface area (Å²) in [5.41, 5.74) is 9.09. The van der Waals surface area contributed by atoms with Crippen LogP contribution in [0.25, 0.3) is 0 Å². The molecule has 0 saturated heterocycles. The fourth-order valence-electron chi connectivity index (χ4n) is 1.71. The van der Waals surface area contributed by atoms with E-state index in [9.17, 15) is 4.79 Å². The quantitative estimate of drug-likeness (QED) is 0.736. The molecule has 4 heteroatoms. The predicted octanol–water partition coefficient (Wildman–Crippen LogP) is 2.63. The van der Waals surface area contributed by atoms with Crippen molar-refractivity contribution in [3.63, 3.8) is 0 Å². The lowest BCUT2D eigenvalue weighted by atomic mass is 10.2. The van der Waals surface area contributed by atoms with Crippen LogP contribution >= 0.6 is 0 Å². The summed E-state index contributed by atoms with van der Waals surface area (Å²) in [6, 6.07) is 15.0. The second-order valence-electron chi connectivity index (χ2n) is 4.39. The highest BCUT2D eigenvalue weighted by atomic mass is 16.1. The lowest BCUT2D eigenvalue weighted by Gasteiger charge is -2.08. The Kier molecular flexibility index (Phi) is 4.03. The number of aryl methyl sites for hydroxylation is 1. The molecular weight excluding hydrogens is 238 g/mol. The monoisotopic (exact) mass is 255 g/mol. The average Bonchev–Trinajstić information content (AvgIpc) is 2.39. The Morgan fingerprint density at radius 2 is 1.84 bits per heavy atom. The molecule has 0 bridgehead atoms. The van der Waals surface area contributed by atoms with Crippen molar-refractivity contribution < 1.29 is 4.79 Å². The van der Waals surface area contributed by atoms with Crippen molar-refractivity contribution in [3.8, 4) is 0 Å². The summed E-state index contributed by atoms with van der Waals surface area (Å²) in [4.78, 5) is 11.8. The summed E-state index contributed by atoms with van der Waals surface area (Å²) < 4.78 is 0. The molecule has 0 aliphatic rings. The number of anilines is 3. The summed E-state index contributed by atoms with van der Waals surface area (Å²) in [5, 5.41) is 5.88. The first-order valence-corrected chi connectivity index (χ1v) is 6.09. The largest absolute Gasteiger partial charge is 0.399 e. The first-order valence-electron chi connectivity index (χ1n) is 6.09. The number of benzene rings is 2. The molecule has 98 valence electrons. The molecule has 0 aromatic heterocycles. The van der Waals surface area contributed by atoms with Gasteiger partial charge in [0.05, 0.1) is 6.54 Å². The summed E-state index contributed by atoms with van der Waals surface area (Å²) in [6.45, 7) is 2.24. The third-order valence-electron chi connectivity index (χ3n) is 2.67. The maximum atomic E-state index is 11.8. The lowest BCUT2D eigenvalue weighted by molar-refractivity contribution is -0.114. The van der Waals surface area contributed by atoms with Gasteiger partial charge in [0.2, 0.25) is 5.91 Å². The minimum absolute atomic E-state index is 0.0914. The van der Waals surface area contributed by atoms with E-state index in [1.807, 2.05) is 31.2 Å². The van der Waals surface area contributed by atoms with Crippen molar-refractivity contribution in [2.24, 2.45) is 0 Å². The molecule has 0 fully saturated rings. The standard InChI is InChI=1S/C15H17N3O/c1-11-3-2-4-14(9-11)17-10-15(19)18-13-7-5-12(16)6-8-13/h2-9,17H,10,16H2,1H3,(H,18,19). The third-order valence-corrected chi connectivity index (χ3v) is 2.67. The SMILES string of the molecule is Cc1cccc(NCC(=O)Nc2ccc(N)cc2)c1. The van der Waals surface area contributed by atoms with Crippen molar-refractivity contribution in [2.75, 3.05) is 22.9 Å². The fraction of sp³-hybridized carbons (Fsp3) is 0.133. The van der Waals surface area contributed by atoms with Crippen LogP contribution < -0.4 is 16.4 Å². The Labute approximate surface area is 112 Å². The highest BCUT2D eigenvalue weighted by Gasteiger charge is 2.02. The van der Waals surface area contributed by atoms with Crippen LogP contribution in [0.15, 0.2) is 48.5 Å². The van der Waals surface area contributed by atoms with E-state index >= 15 is 0 Å². The normalized spacial score (nSPS) is 9.95. The van der Waals surface area contributed by atoms with E-state index in [-0.39, 0.29) is 12.5 Å². The average molecular weight is 255 g/mol. The minimum atomic E-state index is -0.0914. The number of hydrogen-bond acceptors (Lipinski definition) is 3. The van der Waals surface area contributed by atoms with Crippen LogP contribution in [-0.4, -0.2) is 12.5 Å². The molecule has 0 atom stereocenters. The summed E-state index contributed by atoms with van der Waals surface area (Å²) in [6.07, 6.45) is 0. The molecule has 0 aliphatic heterocycles. The van der Waals surface area contributed by atoms with E-state index in [0.29, 0.717) is 5.69 Å². The van der Waals surface area contributed by atoms with Crippen molar-refractivity contribution >= 4 is 23.0 Å². The molecule has 0 spiro atoms. The van der Waals surface area contributed by atoms with Crippen LogP contribution in [0.1, 0.15) is 5.56 Å². The highest BCUT2D eigenvalue weighted by molar-refractivity contribution is 5.93. The minimum Gasteiger partial charge on any atom is -0.399 e. The van der Waals surface area contributed by atoms with Gasteiger partial charge in [-0.05, 0) is 48.9 Å². The summed E-state index contributed by atoms with van der Waals surface area (Å²) in [5.74, 6) is -0.0914. The lowest BCUT2D eigenvalue weighted by Crippen LogP contribution is -2.21. The summed E-state index contributed by atoms with van der Waals surface area (Å²) >= 11 is 0. The number of carbonyl (C=O) groups excluding carboxylic acids is 1. The van der Waals surface area contributed by atoms with Crippen LogP contribution in [-0.2, 0) is 4.79 Å². The second-order valence-corrected chi connectivity index (χ2v) is 4.39. The van der Waals surface area contributed by atoms with Gasteiger partial charge < -0.3 is 16.4 Å². The van der Waals surface area contributed by atoms with Gasteiger partial charge in [-0.25, -0.2) is 0 Å². The molecule has 0 saturated carbocycles. The zero-order chi connectivity index (χ0) is 13.7. The molecule has 0 unspecified atom stereocenters. The molecule has 2 rings (SSSR count). The van der Waals surface area contributed by atoms with E-state index in [1.165, 1.54) is 0 Å². The topological polar surface area (TPSA) is 67.2 Å². The molecule has 19 heavy (non-hydrogen) atoms. The van der Waals surface area contributed by atoms with Crippen LogP contribution in [0.5, 0.6) is 0 Å². The first-order chi connectivity index (χ1) is 9.13. The first kappa shape index (κ1) is 13.0. The molecule has 0 aliphatic carbocycles. The van der Waals surface area contributed by atoms with E-state index in [2.05, 4.69) is 10.6 Å². The van der Waals surface area contributed by atoms with Gasteiger partial charge >= 0.3 is 0 Å². The van der Waals surface area contributed by atoms with E-state index in [0.717, 1.165) is 16.9 Å². The molecule has 4 N–H and O–H groups in total. The van der Waals surface area contributed by atoms with Crippen LogP contribution in [0, 0.1) is 6.92 Å². The summed E-state index contributed by atoms with van der Waals surface area (Å²) in [7, 11) is 0. The Morgan fingerprint density at radius 1 is 1.11 bits per heavy atom. The van der Waals surface area contributed by atoms with Gasteiger partial charge in [0.15, 0.2) is 0 Å². The number of rotatable bonds is 4. The van der Waals surface area contributed by atoms with Crippen LogP contribution in [0.4, 0.5) is 17.1 Å². The molecule has 2 aromatic rings. The zero-order valence-corrected chi connectivity index (χ0v) is 10.8. The molecule has 4 nitrogen and oxygen atoms in total. The van der Waals surface area contributed by atoms with E-state index < -0.39 is 0 Å². The van der Waals surface area contributed by atoms with Gasteiger partial charge in [0, 0.05) is 17.1 Å². The number of nitrogens with two attached hydrogens (primary N) is 1. The predicted molar refractivity (Wildman–Crippen MR) is 79.2 cm³/mol. The molecule has 0 radical (unpaired) electrons. The maximum Gasteiger partial charge on any atom is 0.243 e.